The van der Waals surface area contributed by atoms with E-state index >= 15 is 0 Å². The van der Waals surface area contributed by atoms with Crippen LogP contribution in [-0.2, 0) is 9.53 Å². The first-order valence-electron chi connectivity index (χ1n) is 7.28. The smallest absolute Gasteiger partial charge is 0.336 e. The Morgan fingerprint density at radius 3 is 2.68 bits per heavy atom. The van der Waals surface area contributed by atoms with Gasteiger partial charge in [-0.1, -0.05) is 35.3 Å². The first-order valence-corrected chi connectivity index (χ1v) is 8.03. The van der Waals surface area contributed by atoms with Gasteiger partial charge in [0.15, 0.2) is 0 Å². The summed E-state index contributed by atoms with van der Waals surface area (Å²) in [7, 11) is 1.30. The number of methoxy groups -OCH3 is 1. The number of fused-ring (bicyclic) bond motifs is 1. The van der Waals surface area contributed by atoms with Gasteiger partial charge in [0.1, 0.15) is 11.6 Å². The molecule has 0 aliphatic carbocycles. The number of aromatic nitrogens is 2. The third-order valence-electron chi connectivity index (χ3n) is 3.98. The van der Waals surface area contributed by atoms with Crippen molar-refractivity contribution in [2.75, 3.05) is 23.9 Å². The average Bonchev–Trinajstić information content (AvgIpc) is 2.55. The summed E-state index contributed by atoms with van der Waals surface area (Å²) in [6.07, 6.45) is 0. The number of nitrogens with zero attached hydrogens (tertiary/aromatic N) is 2. The molecule has 0 fully saturated rings. The molecular weight excluding hydrogens is 365 g/mol. The Bertz CT molecular complexity index is 914. The molecule has 1 atom stereocenters. The third kappa shape index (κ3) is 2.85. The van der Waals surface area contributed by atoms with Crippen LogP contribution in [0.2, 0.25) is 10.0 Å². The number of benzene rings is 1. The number of nitrogens with two attached hydrogens (primary N) is 2. The van der Waals surface area contributed by atoms with E-state index in [-0.39, 0.29) is 11.8 Å². The van der Waals surface area contributed by atoms with Gasteiger partial charge in [0.05, 0.1) is 28.6 Å². The first-order chi connectivity index (χ1) is 11.8. The van der Waals surface area contributed by atoms with Gasteiger partial charge < -0.3 is 21.5 Å². The zero-order valence-electron chi connectivity index (χ0n) is 13.4. The molecule has 9 heteroatoms. The molecule has 0 saturated carbocycles. The SMILES string of the molecule is COC(=O)C1=C(C)Nc2nc(N)nc(N)c2C1c1cccc(Cl)c1Cl. The van der Waals surface area contributed by atoms with Crippen LogP contribution in [0.1, 0.15) is 24.0 Å². The largest absolute Gasteiger partial charge is 0.466 e. The van der Waals surface area contributed by atoms with E-state index in [1.807, 2.05) is 0 Å². The molecule has 1 aromatic heterocycles. The van der Waals surface area contributed by atoms with Crippen molar-refractivity contribution in [1.82, 2.24) is 9.97 Å². The number of rotatable bonds is 2. The molecular formula is C16H15Cl2N5O2. The van der Waals surface area contributed by atoms with Gasteiger partial charge in [0, 0.05) is 11.3 Å². The summed E-state index contributed by atoms with van der Waals surface area (Å²) in [6, 6.07) is 5.16. The maximum Gasteiger partial charge on any atom is 0.336 e. The Morgan fingerprint density at radius 1 is 1.28 bits per heavy atom. The van der Waals surface area contributed by atoms with Crippen LogP contribution in [0.3, 0.4) is 0 Å². The lowest BCUT2D eigenvalue weighted by atomic mass is 9.82. The molecule has 2 aromatic rings. The lowest BCUT2D eigenvalue weighted by Crippen LogP contribution is -2.26. The Labute approximate surface area is 154 Å². The van der Waals surface area contributed by atoms with E-state index in [1.165, 1.54) is 7.11 Å². The van der Waals surface area contributed by atoms with Crippen molar-refractivity contribution in [1.29, 1.82) is 0 Å². The minimum Gasteiger partial charge on any atom is -0.466 e. The van der Waals surface area contributed by atoms with Gasteiger partial charge in [0.2, 0.25) is 5.95 Å². The van der Waals surface area contributed by atoms with E-state index in [9.17, 15) is 4.79 Å². The number of ether oxygens (including phenoxy) is 1. The quantitative estimate of drug-likeness (QED) is 0.686. The monoisotopic (exact) mass is 379 g/mol. The summed E-state index contributed by atoms with van der Waals surface area (Å²) in [5, 5.41) is 3.70. The molecule has 0 radical (unpaired) electrons. The van der Waals surface area contributed by atoms with Gasteiger partial charge >= 0.3 is 5.97 Å². The number of esters is 1. The maximum absolute atomic E-state index is 12.4. The fraction of sp³-hybridized carbons (Fsp3) is 0.188. The van der Waals surface area contributed by atoms with Crippen LogP contribution in [0.5, 0.6) is 0 Å². The van der Waals surface area contributed by atoms with Gasteiger partial charge in [0.25, 0.3) is 0 Å². The van der Waals surface area contributed by atoms with Crippen LogP contribution in [0, 0.1) is 0 Å². The topological polar surface area (TPSA) is 116 Å². The Hall–Kier alpha value is -2.51. The summed E-state index contributed by atoms with van der Waals surface area (Å²) in [6.45, 7) is 1.73. The average molecular weight is 380 g/mol. The van der Waals surface area contributed by atoms with Gasteiger partial charge in [-0.25, -0.2) is 4.79 Å². The second-order valence-electron chi connectivity index (χ2n) is 5.46. The molecule has 0 saturated heterocycles. The van der Waals surface area contributed by atoms with Crippen LogP contribution in [0.4, 0.5) is 17.6 Å². The summed E-state index contributed by atoms with van der Waals surface area (Å²) in [5.41, 5.74) is 13.8. The van der Waals surface area contributed by atoms with Gasteiger partial charge in [-0.15, -0.1) is 0 Å². The van der Waals surface area contributed by atoms with Crippen molar-refractivity contribution in [3.8, 4) is 0 Å². The molecule has 0 bridgehead atoms. The second kappa shape index (κ2) is 6.42. The lowest BCUT2D eigenvalue weighted by Gasteiger charge is -2.30. The Morgan fingerprint density at radius 2 is 2.00 bits per heavy atom. The fourth-order valence-corrected chi connectivity index (χ4v) is 3.34. The van der Waals surface area contributed by atoms with E-state index in [2.05, 4.69) is 15.3 Å². The van der Waals surface area contributed by atoms with Gasteiger partial charge in [-0.3, -0.25) is 0 Å². The molecule has 1 unspecified atom stereocenters. The summed E-state index contributed by atoms with van der Waals surface area (Å²) >= 11 is 12.6. The van der Waals surface area contributed by atoms with E-state index in [0.717, 1.165) is 0 Å². The molecule has 130 valence electrons. The lowest BCUT2D eigenvalue weighted by molar-refractivity contribution is -0.136. The minimum atomic E-state index is -0.643. The number of anilines is 3. The van der Waals surface area contributed by atoms with Crippen molar-refractivity contribution in [3.05, 3.63) is 50.6 Å². The van der Waals surface area contributed by atoms with Gasteiger partial charge in [-0.05, 0) is 18.6 Å². The van der Waals surface area contributed by atoms with Crippen LogP contribution in [-0.4, -0.2) is 23.0 Å². The molecule has 5 N–H and O–H groups in total. The maximum atomic E-state index is 12.4. The summed E-state index contributed by atoms with van der Waals surface area (Å²) in [4.78, 5) is 20.6. The number of allylic oxidation sites excluding steroid dienone is 1. The highest BCUT2D eigenvalue weighted by atomic mass is 35.5. The third-order valence-corrected chi connectivity index (χ3v) is 4.81. The van der Waals surface area contributed by atoms with Gasteiger partial charge in [-0.2, -0.15) is 9.97 Å². The number of nitrogens with one attached hydrogen (secondary N) is 1. The predicted octanol–water partition coefficient (Wildman–Crippen LogP) is 2.95. The Kier molecular flexibility index (Phi) is 4.45. The number of carbonyl (C=O) groups excluding carboxylic acids is 1. The molecule has 7 nitrogen and oxygen atoms in total. The number of hydrogen-bond acceptors (Lipinski definition) is 7. The van der Waals surface area contributed by atoms with Crippen molar-refractivity contribution in [2.45, 2.75) is 12.8 Å². The molecule has 0 spiro atoms. The Balaban J connectivity index is 2.35. The zero-order valence-corrected chi connectivity index (χ0v) is 14.9. The van der Waals surface area contributed by atoms with Crippen molar-refractivity contribution in [2.24, 2.45) is 0 Å². The first kappa shape index (κ1) is 17.3. The molecule has 3 rings (SSSR count). The highest BCUT2D eigenvalue weighted by Gasteiger charge is 2.37. The van der Waals surface area contributed by atoms with Crippen molar-refractivity contribution < 1.29 is 9.53 Å². The normalized spacial score (nSPS) is 16.2. The molecule has 0 amide bonds. The summed E-state index contributed by atoms with van der Waals surface area (Å²) < 4.78 is 4.94. The van der Waals surface area contributed by atoms with E-state index in [4.69, 9.17) is 39.4 Å². The highest BCUT2D eigenvalue weighted by molar-refractivity contribution is 6.42. The predicted molar refractivity (Wildman–Crippen MR) is 97.5 cm³/mol. The fourth-order valence-electron chi connectivity index (χ4n) is 2.93. The highest BCUT2D eigenvalue weighted by Crippen LogP contribution is 2.46. The minimum absolute atomic E-state index is 0.0222. The van der Waals surface area contributed by atoms with Crippen molar-refractivity contribution >= 4 is 46.8 Å². The van der Waals surface area contributed by atoms with E-state index in [0.29, 0.717) is 38.3 Å². The number of nitrogen functional groups attached to an aromatic ring is 2. The van der Waals surface area contributed by atoms with Crippen LogP contribution in [0.25, 0.3) is 0 Å². The molecule has 25 heavy (non-hydrogen) atoms. The molecule has 1 aliphatic heterocycles. The van der Waals surface area contributed by atoms with Crippen LogP contribution < -0.4 is 16.8 Å². The van der Waals surface area contributed by atoms with E-state index < -0.39 is 11.9 Å². The zero-order chi connectivity index (χ0) is 18.3. The molecule has 1 aliphatic rings. The van der Waals surface area contributed by atoms with E-state index in [1.54, 1.807) is 25.1 Å². The van der Waals surface area contributed by atoms with Crippen LogP contribution in [0.15, 0.2) is 29.5 Å². The number of hydrogen-bond donors (Lipinski definition) is 3. The van der Waals surface area contributed by atoms with Crippen LogP contribution >= 0.6 is 23.2 Å². The number of carbonyl (C=O) groups is 1. The second-order valence-corrected chi connectivity index (χ2v) is 6.25. The van der Waals surface area contributed by atoms with Crippen molar-refractivity contribution in [3.63, 3.8) is 0 Å². The number of halogens is 2. The molecule has 2 heterocycles. The standard InChI is InChI=1S/C16H15Cl2N5O2/c1-6-9(15(24)25-2)10(7-4-3-5-8(17)12(7)18)11-13(19)22-16(20)23-14(11)21-6/h3-5,10H,1-2H3,(H5,19,20,21,22,23). The molecule has 1 aromatic carbocycles. The summed E-state index contributed by atoms with van der Waals surface area (Å²) in [5.74, 6) is -0.585.